The van der Waals surface area contributed by atoms with Gasteiger partial charge in [0.2, 0.25) is 0 Å². The summed E-state index contributed by atoms with van der Waals surface area (Å²) in [6.07, 6.45) is 2.57. The van der Waals surface area contributed by atoms with Gasteiger partial charge >= 0.3 is 0 Å². The Kier molecular flexibility index (Phi) is 5.31. The van der Waals surface area contributed by atoms with E-state index in [1.807, 2.05) is 0 Å². The maximum atomic E-state index is 13.4. The molecule has 1 aromatic carbocycles. The standard InChI is InChI=1S/C14H20FN3O2/c15-13-6-11(5-12(7-13)14(16)18-19)8-17-3-4-20-9-10-1-2-10/h5-7,10,17,19H,1-4,8-9H2,(H2,16,18). The molecule has 6 heteroatoms. The topological polar surface area (TPSA) is 79.9 Å². The molecule has 2 rings (SSSR count). The van der Waals surface area contributed by atoms with Crippen molar-refractivity contribution < 1.29 is 14.3 Å². The van der Waals surface area contributed by atoms with Gasteiger partial charge in [0, 0.05) is 25.3 Å². The lowest BCUT2D eigenvalue weighted by molar-refractivity contribution is 0.126. The van der Waals surface area contributed by atoms with Crippen molar-refractivity contribution in [3.8, 4) is 0 Å². The minimum absolute atomic E-state index is 0.0986. The van der Waals surface area contributed by atoms with Gasteiger partial charge in [-0.15, -0.1) is 0 Å². The van der Waals surface area contributed by atoms with Gasteiger partial charge in [0.15, 0.2) is 5.84 Å². The van der Waals surface area contributed by atoms with Crippen LogP contribution in [0.5, 0.6) is 0 Å². The molecule has 1 aliphatic rings. The van der Waals surface area contributed by atoms with E-state index in [4.69, 9.17) is 15.7 Å². The molecule has 1 fully saturated rings. The van der Waals surface area contributed by atoms with Crippen LogP contribution in [0.3, 0.4) is 0 Å². The first-order valence-electron chi connectivity index (χ1n) is 6.75. The van der Waals surface area contributed by atoms with Gasteiger partial charge in [-0.2, -0.15) is 0 Å². The van der Waals surface area contributed by atoms with Crippen molar-refractivity contribution in [2.75, 3.05) is 19.8 Å². The van der Waals surface area contributed by atoms with E-state index in [0.717, 1.165) is 18.1 Å². The molecule has 0 spiro atoms. The number of halogens is 1. The highest BCUT2D eigenvalue weighted by Gasteiger charge is 2.20. The molecule has 0 aromatic heterocycles. The second-order valence-electron chi connectivity index (χ2n) is 5.03. The molecule has 0 aliphatic heterocycles. The minimum Gasteiger partial charge on any atom is -0.409 e. The Morgan fingerprint density at radius 1 is 1.45 bits per heavy atom. The van der Waals surface area contributed by atoms with E-state index in [1.165, 1.54) is 25.0 Å². The molecule has 0 heterocycles. The number of hydrogen-bond acceptors (Lipinski definition) is 4. The number of rotatable bonds is 8. The number of hydrogen-bond donors (Lipinski definition) is 3. The van der Waals surface area contributed by atoms with Gasteiger partial charge in [-0.1, -0.05) is 5.16 Å². The average molecular weight is 281 g/mol. The quantitative estimate of drug-likeness (QED) is 0.221. The number of oxime groups is 1. The summed E-state index contributed by atoms with van der Waals surface area (Å²) in [6, 6.07) is 4.35. The summed E-state index contributed by atoms with van der Waals surface area (Å²) in [7, 11) is 0. The van der Waals surface area contributed by atoms with Gasteiger partial charge in [-0.3, -0.25) is 0 Å². The van der Waals surface area contributed by atoms with Crippen molar-refractivity contribution in [3.63, 3.8) is 0 Å². The van der Waals surface area contributed by atoms with Gasteiger partial charge in [0.1, 0.15) is 5.82 Å². The van der Waals surface area contributed by atoms with Crippen LogP contribution in [0.15, 0.2) is 23.4 Å². The van der Waals surface area contributed by atoms with E-state index in [9.17, 15) is 4.39 Å². The number of nitrogens with one attached hydrogen (secondary N) is 1. The Hall–Kier alpha value is -1.66. The van der Waals surface area contributed by atoms with Crippen molar-refractivity contribution in [2.24, 2.45) is 16.8 Å². The lowest BCUT2D eigenvalue weighted by Crippen LogP contribution is -2.20. The fraction of sp³-hybridized carbons (Fsp3) is 0.500. The Morgan fingerprint density at radius 3 is 2.95 bits per heavy atom. The summed E-state index contributed by atoms with van der Waals surface area (Å²) in [5.41, 5.74) is 6.57. The number of ether oxygens (including phenoxy) is 1. The Balaban J connectivity index is 1.75. The summed E-state index contributed by atoms with van der Waals surface area (Å²) >= 11 is 0. The molecular formula is C14H20FN3O2. The molecule has 1 aromatic rings. The summed E-state index contributed by atoms with van der Waals surface area (Å²) in [6.45, 7) is 2.71. The zero-order valence-electron chi connectivity index (χ0n) is 11.3. The van der Waals surface area contributed by atoms with Crippen LogP contribution in [0.2, 0.25) is 0 Å². The van der Waals surface area contributed by atoms with Crippen molar-refractivity contribution in [2.45, 2.75) is 19.4 Å². The first kappa shape index (κ1) is 14.7. The third kappa shape index (κ3) is 4.79. The highest BCUT2D eigenvalue weighted by atomic mass is 19.1. The van der Waals surface area contributed by atoms with Gasteiger partial charge in [-0.05, 0) is 42.5 Å². The molecule has 0 bridgehead atoms. The lowest BCUT2D eigenvalue weighted by atomic mass is 10.1. The third-order valence-corrected chi connectivity index (χ3v) is 3.16. The lowest BCUT2D eigenvalue weighted by Gasteiger charge is -2.08. The van der Waals surface area contributed by atoms with Crippen molar-refractivity contribution in [1.82, 2.24) is 5.32 Å². The molecule has 0 radical (unpaired) electrons. The molecule has 0 saturated heterocycles. The number of nitrogens with two attached hydrogens (primary N) is 1. The van der Waals surface area contributed by atoms with Crippen LogP contribution in [0.4, 0.5) is 4.39 Å². The normalized spacial score (nSPS) is 15.6. The van der Waals surface area contributed by atoms with E-state index in [0.29, 0.717) is 25.3 Å². The molecule has 0 atom stereocenters. The Morgan fingerprint density at radius 2 is 2.25 bits per heavy atom. The van der Waals surface area contributed by atoms with Crippen LogP contribution in [-0.4, -0.2) is 30.8 Å². The number of nitrogens with zero attached hydrogens (tertiary/aromatic N) is 1. The fourth-order valence-corrected chi connectivity index (χ4v) is 1.87. The second-order valence-corrected chi connectivity index (χ2v) is 5.03. The molecule has 5 nitrogen and oxygen atoms in total. The second kappa shape index (κ2) is 7.21. The Labute approximate surface area is 117 Å². The van der Waals surface area contributed by atoms with E-state index in [2.05, 4.69) is 10.5 Å². The highest BCUT2D eigenvalue weighted by molar-refractivity contribution is 5.97. The highest BCUT2D eigenvalue weighted by Crippen LogP contribution is 2.28. The van der Waals surface area contributed by atoms with Crippen molar-refractivity contribution in [1.29, 1.82) is 0 Å². The van der Waals surface area contributed by atoms with Crippen LogP contribution in [-0.2, 0) is 11.3 Å². The Bertz CT molecular complexity index is 475. The predicted molar refractivity (Wildman–Crippen MR) is 74.2 cm³/mol. The molecule has 0 amide bonds. The summed E-state index contributed by atoms with van der Waals surface area (Å²) in [5.74, 6) is 0.260. The van der Waals surface area contributed by atoms with Crippen molar-refractivity contribution in [3.05, 3.63) is 35.1 Å². The molecule has 1 aliphatic carbocycles. The SMILES string of the molecule is N/C(=N/O)c1cc(F)cc(CNCCOCC2CC2)c1. The van der Waals surface area contributed by atoms with Crippen LogP contribution in [0.25, 0.3) is 0 Å². The van der Waals surface area contributed by atoms with Crippen LogP contribution >= 0.6 is 0 Å². The first-order valence-corrected chi connectivity index (χ1v) is 6.75. The molecule has 0 unspecified atom stereocenters. The van der Waals surface area contributed by atoms with Gasteiger partial charge in [0.25, 0.3) is 0 Å². The van der Waals surface area contributed by atoms with Gasteiger partial charge < -0.3 is 21.0 Å². The van der Waals surface area contributed by atoms with Crippen molar-refractivity contribution >= 4 is 5.84 Å². The fourth-order valence-electron chi connectivity index (χ4n) is 1.87. The van der Waals surface area contributed by atoms with Crippen LogP contribution < -0.4 is 11.1 Å². The average Bonchev–Trinajstić information content (AvgIpc) is 3.25. The minimum atomic E-state index is -0.407. The number of amidine groups is 1. The summed E-state index contributed by atoms with van der Waals surface area (Å²) in [4.78, 5) is 0. The monoisotopic (exact) mass is 281 g/mol. The largest absolute Gasteiger partial charge is 0.409 e. The smallest absolute Gasteiger partial charge is 0.170 e. The van der Waals surface area contributed by atoms with Gasteiger partial charge in [-0.25, -0.2) is 4.39 Å². The third-order valence-electron chi connectivity index (χ3n) is 3.16. The van der Waals surface area contributed by atoms with E-state index in [1.54, 1.807) is 6.07 Å². The molecule has 20 heavy (non-hydrogen) atoms. The van der Waals surface area contributed by atoms with E-state index in [-0.39, 0.29) is 5.84 Å². The molecule has 1 saturated carbocycles. The summed E-state index contributed by atoms with van der Waals surface area (Å²) in [5, 5.41) is 14.6. The van der Waals surface area contributed by atoms with Crippen LogP contribution in [0, 0.1) is 11.7 Å². The predicted octanol–water partition coefficient (Wildman–Crippen LogP) is 1.44. The van der Waals surface area contributed by atoms with Crippen LogP contribution in [0.1, 0.15) is 24.0 Å². The maximum Gasteiger partial charge on any atom is 0.170 e. The molecular weight excluding hydrogens is 261 g/mol. The summed E-state index contributed by atoms with van der Waals surface area (Å²) < 4.78 is 18.9. The van der Waals surface area contributed by atoms with E-state index >= 15 is 0 Å². The maximum absolute atomic E-state index is 13.4. The first-order chi connectivity index (χ1) is 9.69. The molecule has 110 valence electrons. The zero-order chi connectivity index (χ0) is 14.4. The zero-order valence-corrected chi connectivity index (χ0v) is 11.3. The van der Waals surface area contributed by atoms with E-state index < -0.39 is 5.82 Å². The van der Waals surface area contributed by atoms with Gasteiger partial charge in [0.05, 0.1) is 6.61 Å². The number of benzene rings is 1. The molecule has 4 N–H and O–H groups in total.